The second kappa shape index (κ2) is 6.77. The molecule has 1 aliphatic rings. The van der Waals surface area contributed by atoms with Crippen LogP contribution in [0.25, 0.3) is 21.8 Å². The maximum absolute atomic E-state index is 12.9. The van der Waals surface area contributed by atoms with E-state index >= 15 is 0 Å². The summed E-state index contributed by atoms with van der Waals surface area (Å²) < 4.78 is 2.30. The van der Waals surface area contributed by atoms with E-state index in [2.05, 4.69) is 32.1 Å². The highest BCUT2D eigenvalue weighted by atomic mass is 16.1. The van der Waals surface area contributed by atoms with Gasteiger partial charge in [-0.3, -0.25) is 4.79 Å². The molecule has 4 aromatic rings. The number of nitrogens with two attached hydrogens (primary N) is 2. The molecule has 1 fully saturated rings. The highest BCUT2D eigenvalue weighted by Gasteiger charge is 2.21. The molecular weight excluding hydrogens is 364 g/mol. The molecular formula is C22H22N6O. The number of benzene rings is 2. The summed E-state index contributed by atoms with van der Waals surface area (Å²) in [5, 5.41) is 4.75. The number of nitrogens with one attached hydrogen (secondary N) is 1. The second-order valence-corrected chi connectivity index (χ2v) is 7.55. The average Bonchev–Trinajstić information content (AvgIpc) is 3.08. The lowest BCUT2D eigenvalue weighted by molar-refractivity contribution is 0.0952. The first-order valence-corrected chi connectivity index (χ1v) is 9.79. The van der Waals surface area contributed by atoms with E-state index in [0.29, 0.717) is 29.5 Å². The van der Waals surface area contributed by atoms with Crippen molar-refractivity contribution < 1.29 is 4.79 Å². The molecule has 0 spiro atoms. The van der Waals surface area contributed by atoms with Gasteiger partial charge in [0.25, 0.3) is 5.91 Å². The van der Waals surface area contributed by atoms with Crippen LogP contribution in [0, 0.1) is 0 Å². The lowest BCUT2D eigenvalue weighted by Gasteiger charge is -2.28. The van der Waals surface area contributed by atoms with E-state index in [1.165, 1.54) is 19.3 Å². The number of carbonyl (C=O) groups excluding carboxylic acids is 1. The van der Waals surface area contributed by atoms with Gasteiger partial charge >= 0.3 is 0 Å². The molecule has 2 aromatic carbocycles. The summed E-state index contributed by atoms with van der Waals surface area (Å²) >= 11 is 0. The first-order chi connectivity index (χ1) is 14.1. The molecule has 2 heterocycles. The average molecular weight is 386 g/mol. The van der Waals surface area contributed by atoms with E-state index in [4.69, 9.17) is 11.5 Å². The van der Waals surface area contributed by atoms with Crippen molar-refractivity contribution in [3.05, 3.63) is 59.8 Å². The molecule has 0 atom stereocenters. The van der Waals surface area contributed by atoms with Crippen LogP contribution in [0.4, 0.5) is 11.8 Å². The SMILES string of the molecule is Nc1nc(N)c2ccc(CNC(=O)c3cccc4c3ccn4C3CCC3)cc2n1. The van der Waals surface area contributed by atoms with Crippen molar-refractivity contribution in [3.8, 4) is 0 Å². The largest absolute Gasteiger partial charge is 0.383 e. The molecule has 7 heteroatoms. The van der Waals surface area contributed by atoms with Gasteiger partial charge in [0.05, 0.1) is 5.52 Å². The van der Waals surface area contributed by atoms with E-state index in [1.807, 2.05) is 36.4 Å². The second-order valence-electron chi connectivity index (χ2n) is 7.55. The molecule has 146 valence electrons. The molecule has 1 aliphatic carbocycles. The number of aromatic nitrogens is 3. The minimum atomic E-state index is -0.0937. The summed E-state index contributed by atoms with van der Waals surface area (Å²) in [6, 6.07) is 14.1. The molecule has 5 N–H and O–H groups in total. The maximum Gasteiger partial charge on any atom is 0.252 e. The number of hydrogen-bond donors (Lipinski definition) is 3. The molecule has 0 bridgehead atoms. The fourth-order valence-electron chi connectivity index (χ4n) is 3.98. The first-order valence-electron chi connectivity index (χ1n) is 9.79. The molecule has 0 aliphatic heterocycles. The quantitative estimate of drug-likeness (QED) is 0.498. The fraction of sp³-hybridized carbons (Fsp3) is 0.227. The van der Waals surface area contributed by atoms with Crippen molar-refractivity contribution in [2.24, 2.45) is 0 Å². The maximum atomic E-state index is 12.9. The van der Waals surface area contributed by atoms with Gasteiger partial charge in [-0.25, -0.2) is 4.98 Å². The number of anilines is 2. The molecule has 1 saturated carbocycles. The van der Waals surface area contributed by atoms with Crippen LogP contribution in [0.1, 0.15) is 41.2 Å². The Balaban J connectivity index is 1.38. The van der Waals surface area contributed by atoms with Gasteiger partial charge in [-0.15, -0.1) is 0 Å². The number of carbonyl (C=O) groups is 1. The third kappa shape index (κ3) is 3.04. The van der Waals surface area contributed by atoms with Gasteiger partial charge < -0.3 is 21.4 Å². The Kier molecular flexibility index (Phi) is 4.08. The number of rotatable bonds is 4. The highest BCUT2D eigenvalue weighted by Crippen LogP contribution is 2.35. The standard InChI is InChI=1S/C22H22N6O/c23-20-17-8-7-13(11-18(17)26-22(24)27-20)12-25-21(29)16-5-2-6-19-15(16)9-10-28(19)14-3-1-4-14/h2,5-11,14H,1,3-4,12H2,(H,25,29)(H4,23,24,26,27). The van der Waals surface area contributed by atoms with Gasteiger partial charge in [-0.1, -0.05) is 12.1 Å². The Bertz CT molecular complexity index is 1240. The van der Waals surface area contributed by atoms with Gasteiger partial charge in [0, 0.05) is 40.6 Å². The topological polar surface area (TPSA) is 112 Å². The predicted molar refractivity (Wildman–Crippen MR) is 114 cm³/mol. The van der Waals surface area contributed by atoms with Crippen molar-refractivity contribution >= 4 is 39.5 Å². The predicted octanol–water partition coefficient (Wildman–Crippen LogP) is 3.40. The van der Waals surface area contributed by atoms with Crippen LogP contribution in [-0.4, -0.2) is 20.4 Å². The van der Waals surface area contributed by atoms with Crippen molar-refractivity contribution in [2.45, 2.75) is 31.8 Å². The zero-order chi connectivity index (χ0) is 20.0. The van der Waals surface area contributed by atoms with E-state index in [0.717, 1.165) is 21.9 Å². The Morgan fingerprint density at radius 1 is 1.10 bits per heavy atom. The summed E-state index contributed by atoms with van der Waals surface area (Å²) in [6.07, 6.45) is 5.79. The Hall–Kier alpha value is -3.61. The van der Waals surface area contributed by atoms with Crippen molar-refractivity contribution in [1.82, 2.24) is 19.9 Å². The third-order valence-electron chi connectivity index (χ3n) is 5.74. The van der Waals surface area contributed by atoms with Crippen LogP contribution in [0.5, 0.6) is 0 Å². The summed E-state index contributed by atoms with van der Waals surface area (Å²) in [5.41, 5.74) is 15.0. The van der Waals surface area contributed by atoms with Gasteiger partial charge in [0.15, 0.2) is 0 Å². The number of nitrogen functional groups attached to an aromatic ring is 2. The zero-order valence-electron chi connectivity index (χ0n) is 15.9. The minimum Gasteiger partial charge on any atom is -0.383 e. The van der Waals surface area contributed by atoms with E-state index in [-0.39, 0.29) is 11.9 Å². The van der Waals surface area contributed by atoms with Crippen molar-refractivity contribution in [3.63, 3.8) is 0 Å². The third-order valence-corrected chi connectivity index (χ3v) is 5.74. The Morgan fingerprint density at radius 2 is 1.97 bits per heavy atom. The van der Waals surface area contributed by atoms with Gasteiger partial charge in [-0.05, 0) is 55.2 Å². The summed E-state index contributed by atoms with van der Waals surface area (Å²) in [4.78, 5) is 21.1. The van der Waals surface area contributed by atoms with Crippen molar-refractivity contribution in [2.75, 3.05) is 11.5 Å². The normalized spacial score (nSPS) is 14.2. The lowest BCUT2D eigenvalue weighted by Crippen LogP contribution is -2.23. The Labute approximate surface area is 167 Å². The van der Waals surface area contributed by atoms with E-state index in [1.54, 1.807) is 0 Å². The van der Waals surface area contributed by atoms with Gasteiger partial charge in [0.2, 0.25) is 5.95 Å². The number of amides is 1. The summed E-state index contributed by atoms with van der Waals surface area (Å²) in [5.74, 6) is 0.397. The molecule has 2 aromatic heterocycles. The monoisotopic (exact) mass is 386 g/mol. The lowest BCUT2D eigenvalue weighted by atomic mass is 9.93. The molecule has 5 rings (SSSR count). The van der Waals surface area contributed by atoms with Gasteiger partial charge in [-0.2, -0.15) is 4.98 Å². The number of hydrogen-bond acceptors (Lipinski definition) is 5. The number of nitrogens with zero attached hydrogens (tertiary/aromatic N) is 3. The van der Waals surface area contributed by atoms with Crippen LogP contribution in [0.2, 0.25) is 0 Å². The fourth-order valence-corrected chi connectivity index (χ4v) is 3.98. The van der Waals surface area contributed by atoms with Crippen LogP contribution in [0.15, 0.2) is 48.7 Å². The molecule has 0 unspecified atom stereocenters. The van der Waals surface area contributed by atoms with Crippen LogP contribution >= 0.6 is 0 Å². The minimum absolute atomic E-state index is 0.0937. The number of fused-ring (bicyclic) bond motifs is 2. The molecule has 29 heavy (non-hydrogen) atoms. The smallest absolute Gasteiger partial charge is 0.252 e. The molecule has 1 amide bonds. The zero-order valence-corrected chi connectivity index (χ0v) is 15.9. The summed E-state index contributed by atoms with van der Waals surface area (Å²) in [6.45, 7) is 0.387. The van der Waals surface area contributed by atoms with Crippen LogP contribution < -0.4 is 16.8 Å². The highest BCUT2D eigenvalue weighted by molar-refractivity contribution is 6.06. The first kappa shape index (κ1) is 17.5. The molecule has 0 radical (unpaired) electrons. The van der Waals surface area contributed by atoms with E-state index in [9.17, 15) is 4.79 Å². The molecule has 0 saturated heterocycles. The molecule has 7 nitrogen and oxygen atoms in total. The van der Waals surface area contributed by atoms with Crippen molar-refractivity contribution in [1.29, 1.82) is 0 Å². The van der Waals surface area contributed by atoms with Gasteiger partial charge in [0.1, 0.15) is 5.82 Å². The summed E-state index contributed by atoms with van der Waals surface area (Å²) in [7, 11) is 0. The van der Waals surface area contributed by atoms with Crippen LogP contribution in [0.3, 0.4) is 0 Å². The van der Waals surface area contributed by atoms with E-state index < -0.39 is 0 Å². The Morgan fingerprint density at radius 3 is 2.76 bits per heavy atom. The van der Waals surface area contributed by atoms with Crippen LogP contribution in [-0.2, 0) is 6.54 Å².